The Labute approximate surface area is 129 Å². The molecule has 1 aromatic rings. The monoisotopic (exact) mass is 342 g/mol. The summed E-state index contributed by atoms with van der Waals surface area (Å²) < 4.78 is 6.34. The van der Waals surface area contributed by atoms with Gasteiger partial charge in [0.15, 0.2) is 0 Å². The summed E-state index contributed by atoms with van der Waals surface area (Å²) in [4.78, 5) is 10.3. The summed E-state index contributed by atoms with van der Waals surface area (Å²) in [5.74, 6) is 0. The third-order valence-corrected chi connectivity index (χ3v) is 3.60. The zero-order valence-electron chi connectivity index (χ0n) is 11.3. The molecule has 1 saturated heterocycles. The summed E-state index contributed by atoms with van der Waals surface area (Å²) in [5.41, 5.74) is 1.26. The maximum atomic E-state index is 10.6. The lowest BCUT2D eigenvalue weighted by Crippen LogP contribution is -3.00. The second kappa shape index (κ2) is 7.52. The van der Waals surface area contributed by atoms with Crippen LogP contribution < -0.4 is 17.0 Å². The second-order valence-electron chi connectivity index (χ2n) is 4.95. The highest BCUT2D eigenvalue weighted by Crippen LogP contribution is 2.19. The van der Waals surface area contributed by atoms with Crippen LogP contribution in [-0.4, -0.2) is 42.3 Å². The van der Waals surface area contributed by atoms with Crippen LogP contribution in [0.4, 0.5) is 5.69 Å². The van der Waals surface area contributed by atoms with E-state index in [1.807, 2.05) is 18.2 Å². The second-order valence-corrected chi connectivity index (χ2v) is 4.95. The Morgan fingerprint density at radius 2 is 1.90 bits per heavy atom. The summed E-state index contributed by atoms with van der Waals surface area (Å²) in [5, 5.41) is 10.6. The van der Waals surface area contributed by atoms with Crippen molar-refractivity contribution in [2.75, 3.05) is 32.8 Å². The fourth-order valence-corrected chi connectivity index (χ4v) is 2.52. The van der Waals surface area contributed by atoms with Gasteiger partial charge in [0.05, 0.1) is 24.7 Å². The predicted octanol–water partition coefficient (Wildman–Crippen LogP) is -0.868. The lowest BCUT2D eigenvalue weighted by atomic mass is 10.1. The molecule has 0 radical (unpaired) electrons. The average Bonchev–Trinajstić information content (AvgIpc) is 2.40. The van der Waals surface area contributed by atoms with Gasteiger partial charge in [0, 0.05) is 17.7 Å². The van der Waals surface area contributed by atoms with E-state index in [-0.39, 0.29) is 27.6 Å². The highest BCUT2D eigenvalue weighted by Gasteiger charge is 2.29. The van der Waals surface area contributed by atoms with Crippen molar-refractivity contribution in [1.29, 1.82) is 0 Å². The first kappa shape index (κ1) is 16.8. The van der Waals surface area contributed by atoms with Crippen LogP contribution in [0, 0.1) is 10.1 Å². The van der Waals surface area contributed by atoms with Crippen molar-refractivity contribution in [1.82, 2.24) is 0 Å². The Morgan fingerprint density at radius 3 is 2.40 bits per heavy atom. The largest absolute Gasteiger partial charge is 1.00 e. The Hall–Kier alpha value is -1.24. The smallest absolute Gasteiger partial charge is 0.269 e. The number of non-ortho nitro benzene ring substituents is 1. The Kier molecular flexibility index (Phi) is 6.32. The summed E-state index contributed by atoms with van der Waals surface area (Å²) in [7, 11) is 0. The molecular weight excluding hydrogens is 324 g/mol. The van der Waals surface area contributed by atoms with Crippen LogP contribution in [0.5, 0.6) is 0 Å². The average molecular weight is 343 g/mol. The van der Waals surface area contributed by atoms with E-state index in [2.05, 4.69) is 6.58 Å². The van der Waals surface area contributed by atoms with E-state index >= 15 is 0 Å². The molecule has 6 heteroatoms. The molecule has 1 aromatic carbocycles. The molecule has 0 N–H and O–H groups in total. The highest BCUT2D eigenvalue weighted by molar-refractivity contribution is 5.32. The van der Waals surface area contributed by atoms with Crippen LogP contribution in [0.3, 0.4) is 0 Å². The van der Waals surface area contributed by atoms with E-state index in [0.717, 1.165) is 49.4 Å². The molecule has 5 nitrogen and oxygen atoms in total. The molecule has 1 aliphatic heterocycles. The van der Waals surface area contributed by atoms with Crippen LogP contribution >= 0.6 is 0 Å². The van der Waals surface area contributed by atoms with E-state index in [1.165, 1.54) is 0 Å². The maximum Gasteiger partial charge on any atom is 0.269 e. The summed E-state index contributed by atoms with van der Waals surface area (Å²) in [6.45, 7) is 9.06. The first-order chi connectivity index (χ1) is 9.15. The third-order valence-electron chi connectivity index (χ3n) is 3.60. The lowest BCUT2D eigenvalue weighted by molar-refractivity contribution is -0.942. The lowest BCUT2D eigenvalue weighted by Gasteiger charge is -2.40. The molecule has 0 unspecified atom stereocenters. The number of hydrogen-bond donors (Lipinski definition) is 0. The molecule has 0 aliphatic carbocycles. The summed E-state index contributed by atoms with van der Waals surface area (Å²) in [6.07, 6.45) is 1.94. The normalized spacial score (nSPS) is 17.0. The third kappa shape index (κ3) is 4.13. The van der Waals surface area contributed by atoms with Gasteiger partial charge in [-0.05, 0) is 18.2 Å². The molecule has 1 fully saturated rings. The molecule has 20 heavy (non-hydrogen) atoms. The molecular formula is C14H19BrN2O3. The number of benzene rings is 1. The van der Waals surface area contributed by atoms with Crippen molar-refractivity contribution in [2.24, 2.45) is 0 Å². The molecule has 0 atom stereocenters. The quantitative estimate of drug-likeness (QED) is 0.302. The number of ether oxygens (including phenoxy) is 1. The van der Waals surface area contributed by atoms with E-state index in [9.17, 15) is 10.1 Å². The fraction of sp³-hybridized carbons (Fsp3) is 0.429. The first-order valence-electron chi connectivity index (χ1n) is 6.42. The summed E-state index contributed by atoms with van der Waals surface area (Å²) >= 11 is 0. The van der Waals surface area contributed by atoms with Crippen molar-refractivity contribution >= 4 is 5.69 Å². The number of halogens is 1. The van der Waals surface area contributed by atoms with Crippen LogP contribution in [0.2, 0.25) is 0 Å². The highest BCUT2D eigenvalue weighted by atomic mass is 79.9. The SMILES string of the molecule is C=CC[N+]1(Cc2ccc([N+](=O)[O-])cc2)CCOCC1.[Br-]. The van der Waals surface area contributed by atoms with Crippen molar-refractivity contribution < 1.29 is 31.1 Å². The molecule has 0 saturated carbocycles. The van der Waals surface area contributed by atoms with Crippen molar-refractivity contribution in [3.05, 3.63) is 52.6 Å². The predicted molar refractivity (Wildman–Crippen MR) is 72.7 cm³/mol. The van der Waals surface area contributed by atoms with Gasteiger partial charge in [-0.3, -0.25) is 10.1 Å². The first-order valence-corrected chi connectivity index (χ1v) is 6.42. The molecule has 0 aromatic heterocycles. The van der Waals surface area contributed by atoms with Gasteiger partial charge >= 0.3 is 0 Å². The fourth-order valence-electron chi connectivity index (χ4n) is 2.52. The van der Waals surface area contributed by atoms with Crippen molar-refractivity contribution in [2.45, 2.75) is 6.54 Å². The molecule has 0 spiro atoms. The Balaban J connectivity index is 0.00000200. The molecule has 1 aliphatic rings. The van der Waals surface area contributed by atoms with Crippen LogP contribution in [0.25, 0.3) is 0 Å². The maximum absolute atomic E-state index is 10.6. The number of nitro benzene ring substituents is 1. The van der Waals surface area contributed by atoms with Crippen molar-refractivity contribution in [3.63, 3.8) is 0 Å². The molecule has 110 valence electrons. The van der Waals surface area contributed by atoms with Gasteiger partial charge in [-0.15, -0.1) is 0 Å². The van der Waals surface area contributed by atoms with Crippen molar-refractivity contribution in [3.8, 4) is 0 Å². The minimum atomic E-state index is -0.368. The van der Waals surface area contributed by atoms with Gasteiger partial charge in [-0.2, -0.15) is 0 Å². The Morgan fingerprint density at radius 1 is 1.30 bits per heavy atom. The number of hydrogen-bond acceptors (Lipinski definition) is 3. The number of quaternary nitrogens is 1. The number of morpholine rings is 1. The zero-order valence-corrected chi connectivity index (χ0v) is 12.9. The topological polar surface area (TPSA) is 52.4 Å². The molecule has 0 bridgehead atoms. The van der Waals surface area contributed by atoms with Crippen LogP contribution in [0.1, 0.15) is 5.56 Å². The zero-order chi connectivity index (χ0) is 13.7. The van der Waals surface area contributed by atoms with Crippen LogP contribution in [0.15, 0.2) is 36.9 Å². The molecule has 1 heterocycles. The number of nitro groups is 1. The minimum absolute atomic E-state index is 0. The Bertz CT molecular complexity index is 456. The number of rotatable bonds is 5. The van der Waals surface area contributed by atoms with E-state index in [0.29, 0.717) is 0 Å². The molecule has 2 rings (SSSR count). The van der Waals surface area contributed by atoms with E-state index in [1.54, 1.807) is 12.1 Å². The van der Waals surface area contributed by atoms with Gasteiger partial charge in [0.2, 0.25) is 0 Å². The standard InChI is InChI=1S/C14H19N2O3.BrH/c1-2-7-16(8-10-19-11-9-16)12-13-3-5-14(6-4-13)15(17)18;/h2-6H,1,7-12H2;1H/q+1;/p-1. The van der Waals surface area contributed by atoms with Gasteiger partial charge in [-0.25, -0.2) is 0 Å². The van der Waals surface area contributed by atoms with Gasteiger partial charge < -0.3 is 26.2 Å². The molecule has 0 amide bonds. The van der Waals surface area contributed by atoms with Gasteiger partial charge in [-0.1, -0.05) is 6.58 Å². The number of nitrogens with zero attached hydrogens (tertiary/aromatic N) is 2. The van der Waals surface area contributed by atoms with E-state index < -0.39 is 0 Å². The van der Waals surface area contributed by atoms with Crippen LogP contribution in [-0.2, 0) is 11.3 Å². The van der Waals surface area contributed by atoms with Gasteiger partial charge in [0.25, 0.3) is 5.69 Å². The summed E-state index contributed by atoms with van der Waals surface area (Å²) in [6, 6.07) is 6.83. The van der Waals surface area contributed by atoms with Gasteiger partial charge in [0.1, 0.15) is 19.6 Å². The minimum Gasteiger partial charge on any atom is -1.00 e. The van der Waals surface area contributed by atoms with E-state index in [4.69, 9.17) is 4.74 Å².